The van der Waals surface area contributed by atoms with E-state index in [2.05, 4.69) is 15.9 Å². The van der Waals surface area contributed by atoms with E-state index in [4.69, 9.17) is 9.84 Å². The molecule has 0 saturated heterocycles. The second-order valence-electron chi connectivity index (χ2n) is 4.14. The highest BCUT2D eigenvalue weighted by atomic mass is 79.9. The van der Waals surface area contributed by atoms with Gasteiger partial charge in [0.2, 0.25) is 0 Å². The number of carboxylic acid groups (broad SMARTS) is 1. The van der Waals surface area contributed by atoms with Crippen LogP contribution < -0.4 is 4.74 Å². The molecule has 22 heavy (non-hydrogen) atoms. The van der Waals surface area contributed by atoms with Crippen LogP contribution in [0.3, 0.4) is 0 Å². The van der Waals surface area contributed by atoms with Gasteiger partial charge in [-0.1, -0.05) is 22.0 Å². The summed E-state index contributed by atoms with van der Waals surface area (Å²) in [7, 11) is 0. The average Bonchev–Trinajstić information content (AvgIpc) is 2.48. The molecule has 8 heteroatoms. The van der Waals surface area contributed by atoms with Crippen molar-refractivity contribution in [2.45, 2.75) is 0 Å². The molecule has 0 saturated carbocycles. The Hall–Kier alpha value is -2.74. The minimum Gasteiger partial charge on any atom is -0.478 e. The van der Waals surface area contributed by atoms with Gasteiger partial charge in [-0.25, -0.2) is 9.59 Å². The molecule has 112 valence electrons. The number of benzene rings is 2. The zero-order valence-electron chi connectivity index (χ0n) is 10.9. The summed E-state index contributed by atoms with van der Waals surface area (Å²) in [5.74, 6) is -2.29. The lowest BCUT2D eigenvalue weighted by atomic mass is 10.2. The molecule has 2 rings (SSSR count). The van der Waals surface area contributed by atoms with Crippen LogP contribution in [0.5, 0.6) is 5.75 Å². The van der Waals surface area contributed by atoms with E-state index < -0.39 is 16.9 Å². The van der Waals surface area contributed by atoms with Crippen molar-refractivity contribution in [3.63, 3.8) is 0 Å². The first-order valence-electron chi connectivity index (χ1n) is 5.88. The summed E-state index contributed by atoms with van der Waals surface area (Å²) >= 11 is 3.12. The van der Waals surface area contributed by atoms with Crippen molar-refractivity contribution < 1.29 is 24.4 Å². The number of nitro benzene ring substituents is 1. The largest absolute Gasteiger partial charge is 0.478 e. The Morgan fingerprint density at radius 1 is 1.18 bits per heavy atom. The molecule has 0 aromatic heterocycles. The van der Waals surface area contributed by atoms with E-state index in [1.54, 1.807) is 0 Å². The van der Waals surface area contributed by atoms with Crippen molar-refractivity contribution in [1.82, 2.24) is 0 Å². The van der Waals surface area contributed by atoms with Crippen molar-refractivity contribution in [3.05, 3.63) is 68.2 Å². The number of esters is 1. The maximum Gasteiger partial charge on any atom is 0.343 e. The smallest absolute Gasteiger partial charge is 0.343 e. The SMILES string of the molecule is O=C(Oc1ccc(Br)cc1C(=O)O)c1cccc([N+](=O)[O-])c1. The fraction of sp³-hybridized carbons (Fsp3) is 0. The third-order valence-electron chi connectivity index (χ3n) is 2.67. The number of hydrogen-bond donors (Lipinski definition) is 1. The van der Waals surface area contributed by atoms with Gasteiger partial charge in [0.25, 0.3) is 5.69 Å². The van der Waals surface area contributed by atoms with Gasteiger partial charge in [0.05, 0.1) is 10.5 Å². The first kappa shape index (κ1) is 15.6. The van der Waals surface area contributed by atoms with Gasteiger partial charge in [-0.2, -0.15) is 0 Å². The van der Waals surface area contributed by atoms with E-state index in [0.29, 0.717) is 4.47 Å². The number of nitro groups is 1. The lowest BCUT2D eigenvalue weighted by Gasteiger charge is -2.07. The number of rotatable bonds is 4. The first-order valence-corrected chi connectivity index (χ1v) is 6.67. The molecule has 0 amide bonds. The van der Waals surface area contributed by atoms with Crippen molar-refractivity contribution in [3.8, 4) is 5.75 Å². The van der Waals surface area contributed by atoms with Crippen molar-refractivity contribution in [2.24, 2.45) is 0 Å². The second-order valence-corrected chi connectivity index (χ2v) is 5.06. The highest BCUT2D eigenvalue weighted by molar-refractivity contribution is 9.10. The van der Waals surface area contributed by atoms with Crippen LogP contribution >= 0.6 is 15.9 Å². The summed E-state index contributed by atoms with van der Waals surface area (Å²) in [6.07, 6.45) is 0. The zero-order chi connectivity index (χ0) is 16.3. The van der Waals surface area contributed by atoms with E-state index in [0.717, 1.165) is 6.07 Å². The number of carbonyl (C=O) groups is 2. The van der Waals surface area contributed by atoms with Gasteiger partial charge >= 0.3 is 11.9 Å². The number of non-ortho nitro benzene ring substituents is 1. The Balaban J connectivity index is 2.31. The van der Waals surface area contributed by atoms with E-state index in [-0.39, 0.29) is 22.6 Å². The minimum atomic E-state index is -1.26. The summed E-state index contributed by atoms with van der Waals surface area (Å²) in [5, 5.41) is 19.8. The van der Waals surface area contributed by atoms with Crippen molar-refractivity contribution >= 4 is 33.6 Å². The molecule has 0 aliphatic heterocycles. The lowest BCUT2D eigenvalue weighted by Crippen LogP contribution is -2.11. The van der Waals surface area contributed by atoms with Gasteiger partial charge in [0, 0.05) is 16.6 Å². The molecule has 0 spiro atoms. The van der Waals surface area contributed by atoms with Crippen molar-refractivity contribution in [2.75, 3.05) is 0 Å². The lowest BCUT2D eigenvalue weighted by molar-refractivity contribution is -0.384. The second kappa shape index (κ2) is 6.35. The van der Waals surface area contributed by atoms with E-state index in [9.17, 15) is 19.7 Å². The normalized spacial score (nSPS) is 10.0. The average molecular weight is 366 g/mol. The summed E-state index contributed by atoms with van der Waals surface area (Å²) < 4.78 is 5.53. The molecule has 0 radical (unpaired) electrons. The Morgan fingerprint density at radius 2 is 1.91 bits per heavy atom. The highest BCUT2D eigenvalue weighted by Crippen LogP contribution is 2.24. The molecule has 0 aliphatic rings. The van der Waals surface area contributed by atoms with E-state index >= 15 is 0 Å². The molecule has 0 unspecified atom stereocenters. The first-order chi connectivity index (χ1) is 10.4. The Bertz CT molecular complexity index is 774. The molecule has 7 nitrogen and oxygen atoms in total. The molecule has 0 bridgehead atoms. The Morgan fingerprint density at radius 3 is 2.55 bits per heavy atom. The van der Waals surface area contributed by atoms with Crippen LogP contribution in [0, 0.1) is 10.1 Å². The number of hydrogen-bond acceptors (Lipinski definition) is 5. The van der Waals surface area contributed by atoms with Crippen LogP contribution in [0.25, 0.3) is 0 Å². The highest BCUT2D eigenvalue weighted by Gasteiger charge is 2.18. The van der Waals surface area contributed by atoms with Crippen LogP contribution in [0.2, 0.25) is 0 Å². The van der Waals surface area contributed by atoms with Gasteiger partial charge in [-0.3, -0.25) is 10.1 Å². The van der Waals surface area contributed by atoms with Crippen LogP contribution in [-0.2, 0) is 0 Å². The van der Waals surface area contributed by atoms with E-state index in [1.165, 1.54) is 36.4 Å². The van der Waals surface area contributed by atoms with Crippen LogP contribution in [0.4, 0.5) is 5.69 Å². The quantitative estimate of drug-likeness (QED) is 0.385. The summed E-state index contributed by atoms with van der Waals surface area (Å²) in [6, 6.07) is 9.10. The van der Waals surface area contributed by atoms with Gasteiger partial charge in [0.15, 0.2) is 0 Å². The monoisotopic (exact) mass is 365 g/mol. The van der Waals surface area contributed by atoms with Crippen molar-refractivity contribution in [1.29, 1.82) is 0 Å². The standard InChI is InChI=1S/C14H8BrNO6/c15-9-4-5-12(11(7-9)13(17)18)22-14(19)8-2-1-3-10(6-8)16(20)21/h1-7H,(H,17,18). The third-order valence-corrected chi connectivity index (χ3v) is 3.16. The van der Waals surface area contributed by atoms with Crippen LogP contribution in [0.15, 0.2) is 46.9 Å². The number of halogens is 1. The molecule has 1 N–H and O–H groups in total. The topological polar surface area (TPSA) is 107 Å². The molecular formula is C14H8BrNO6. The zero-order valence-corrected chi connectivity index (χ0v) is 12.4. The van der Waals surface area contributed by atoms with Gasteiger partial charge < -0.3 is 9.84 Å². The summed E-state index contributed by atoms with van der Waals surface area (Å²) in [6.45, 7) is 0. The molecule has 2 aromatic rings. The predicted octanol–water partition coefficient (Wildman–Crippen LogP) is 3.27. The number of carboxylic acids is 1. The summed E-state index contributed by atoms with van der Waals surface area (Å²) in [5.41, 5.74) is -0.509. The number of ether oxygens (including phenoxy) is 1. The fourth-order valence-corrected chi connectivity index (χ4v) is 2.02. The molecule has 0 atom stereocenters. The Kier molecular flexibility index (Phi) is 4.52. The maximum atomic E-state index is 12.0. The Labute approximate surface area is 132 Å². The molecule has 0 fully saturated rings. The fourth-order valence-electron chi connectivity index (χ4n) is 1.66. The predicted molar refractivity (Wildman–Crippen MR) is 79.2 cm³/mol. The van der Waals surface area contributed by atoms with Gasteiger partial charge in [0.1, 0.15) is 11.3 Å². The molecular weight excluding hydrogens is 358 g/mol. The molecule has 0 aliphatic carbocycles. The van der Waals surface area contributed by atoms with Gasteiger partial charge in [-0.15, -0.1) is 0 Å². The van der Waals surface area contributed by atoms with Crippen LogP contribution in [-0.4, -0.2) is 22.0 Å². The third kappa shape index (κ3) is 3.47. The van der Waals surface area contributed by atoms with Crippen LogP contribution in [0.1, 0.15) is 20.7 Å². The number of aromatic carboxylic acids is 1. The summed E-state index contributed by atoms with van der Waals surface area (Å²) in [4.78, 5) is 33.2. The number of carbonyl (C=O) groups excluding carboxylic acids is 1. The number of nitrogens with zero attached hydrogens (tertiary/aromatic N) is 1. The minimum absolute atomic E-state index is 0.0477. The van der Waals surface area contributed by atoms with E-state index in [1.807, 2.05) is 0 Å². The maximum absolute atomic E-state index is 12.0. The van der Waals surface area contributed by atoms with Gasteiger partial charge in [-0.05, 0) is 24.3 Å². The molecule has 0 heterocycles. The molecule has 2 aromatic carbocycles.